The van der Waals surface area contributed by atoms with Crippen LogP contribution in [0.25, 0.3) is 20.8 Å². The van der Waals surface area contributed by atoms with Crippen LogP contribution in [0.15, 0.2) is 30.2 Å². The number of anilines is 1. The Bertz CT molecular complexity index is 1110. The van der Waals surface area contributed by atoms with E-state index >= 15 is 0 Å². The number of pyridine rings is 1. The van der Waals surface area contributed by atoms with Gasteiger partial charge in [0, 0.05) is 48.9 Å². The van der Waals surface area contributed by atoms with Crippen LogP contribution in [0.5, 0.6) is 0 Å². The maximum absolute atomic E-state index is 12.7. The van der Waals surface area contributed by atoms with Gasteiger partial charge in [-0.05, 0) is 37.1 Å². The van der Waals surface area contributed by atoms with Crippen molar-refractivity contribution in [2.45, 2.75) is 32.4 Å². The maximum atomic E-state index is 12.7. The van der Waals surface area contributed by atoms with Gasteiger partial charge in [-0.1, -0.05) is 0 Å². The van der Waals surface area contributed by atoms with Gasteiger partial charge in [-0.3, -0.25) is 20.1 Å². The summed E-state index contributed by atoms with van der Waals surface area (Å²) >= 11 is 3.31. The fourth-order valence-corrected chi connectivity index (χ4v) is 6.07. The van der Waals surface area contributed by atoms with Crippen LogP contribution in [0.4, 0.5) is 5.00 Å². The molecule has 10 heteroatoms. The number of hydroxylamine groups is 1. The van der Waals surface area contributed by atoms with Crippen LogP contribution in [0.2, 0.25) is 0 Å². The predicted octanol–water partition coefficient (Wildman–Crippen LogP) is 2.79. The number of thiazole rings is 1. The summed E-state index contributed by atoms with van der Waals surface area (Å²) in [4.78, 5) is 28.2. The van der Waals surface area contributed by atoms with Crippen LogP contribution < -0.4 is 21.4 Å². The quantitative estimate of drug-likeness (QED) is 0.406. The number of fused-ring (bicyclic) bond motifs is 2. The Morgan fingerprint density at radius 3 is 3.16 bits per heavy atom. The molecule has 3 aromatic rings. The Kier molecular flexibility index (Phi) is 5.97. The van der Waals surface area contributed by atoms with E-state index in [1.54, 1.807) is 35.1 Å². The largest absolute Gasteiger partial charge is 0.317 e. The minimum absolute atomic E-state index is 0.00547. The molecule has 0 radical (unpaired) electrons. The molecule has 162 valence electrons. The molecule has 2 aliphatic heterocycles. The van der Waals surface area contributed by atoms with Gasteiger partial charge in [0.15, 0.2) is 0 Å². The molecule has 0 aromatic carbocycles. The normalized spacial score (nSPS) is 18.0. The zero-order valence-electron chi connectivity index (χ0n) is 17.2. The number of carbonyl (C=O) groups is 1. The van der Waals surface area contributed by atoms with Crippen molar-refractivity contribution in [1.29, 1.82) is 0 Å². The Hall–Kier alpha value is -2.37. The SMILES string of the molecule is CC1ONC=C1CNCCC(=O)Nc1sc2c(c1-c1nc3cnccc3s1)CCNC2. The van der Waals surface area contributed by atoms with E-state index in [4.69, 9.17) is 9.82 Å². The van der Waals surface area contributed by atoms with E-state index in [9.17, 15) is 4.79 Å². The van der Waals surface area contributed by atoms with E-state index in [0.717, 1.165) is 50.9 Å². The predicted molar refractivity (Wildman–Crippen MR) is 124 cm³/mol. The average molecular weight is 457 g/mol. The van der Waals surface area contributed by atoms with E-state index in [-0.39, 0.29) is 12.0 Å². The number of hydrogen-bond acceptors (Lipinski definition) is 9. The van der Waals surface area contributed by atoms with Crippen molar-refractivity contribution < 1.29 is 9.63 Å². The van der Waals surface area contributed by atoms with Crippen LogP contribution in [-0.2, 0) is 22.6 Å². The number of rotatable bonds is 7. The summed E-state index contributed by atoms with van der Waals surface area (Å²) in [5, 5.41) is 11.7. The van der Waals surface area contributed by atoms with Crippen molar-refractivity contribution in [3.63, 3.8) is 0 Å². The molecule has 0 fully saturated rings. The number of aromatic nitrogens is 2. The van der Waals surface area contributed by atoms with E-state index in [1.165, 1.54) is 10.4 Å². The molecule has 5 heterocycles. The lowest BCUT2D eigenvalue weighted by Crippen LogP contribution is -2.25. The van der Waals surface area contributed by atoms with Gasteiger partial charge in [0.25, 0.3) is 0 Å². The van der Waals surface area contributed by atoms with Crippen LogP contribution in [0.1, 0.15) is 23.8 Å². The Morgan fingerprint density at radius 1 is 1.39 bits per heavy atom. The molecule has 8 nitrogen and oxygen atoms in total. The third-order valence-corrected chi connectivity index (χ3v) is 7.66. The number of thiophene rings is 1. The topological polar surface area (TPSA) is 100 Å². The summed E-state index contributed by atoms with van der Waals surface area (Å²) < 4.78 is 1.11. The van der Waals surface area contributed by atoms with E-state index in [2.05, 4.69) is 26.4 Å². The smallest absolute Gasteiger partial charge is 0.226 e. The second kappa shape index (κ2) is 9.01. The highest BCUT2D eigenvalue weighted by molar-refractivity contribution is 7.22. The van der Waals surface area contributed by atoms with Crippen molar-refractivity contribution in [3.8, 4) is 10.6 Å². The number of carbonyl (C=O) groups excluding carboxylic acids is 1. The first-order valence-electron chi connectivity index (χ1n) is 10.4. The molecule has 0 bridgehead atoms. The molecule has 0 saturated carbocycles. The molecule has 4 N–H and O–H groups in total. The molecule has 3 aromatic heterocycles. The number of amides is 1. The van der Waals surface area contributed by atoms with Crippen LogP contribution in [0.3, 0.4) is 0 Å². The second-order valence-electron chi connectivity index (χ2n) is 7.57. The monoisotopic (exact) mass is 456 g/mol. The molecule has 0 spiro atoms. The molecule has 0 saturated heterocycles. The highest BCUT2D eigenvalue weighted by atomic mass is 32.1. The summed E-state index contributed by atoms with van der Waals surface area (Å²) in [7, 11) is 0. The fraction of sp³-hybridized carbons (Fsp3) is 0.381. The number of hydrogen-bond donors (Lipinski definition) is 4. The summed E-state index contributed by atoms with van der Waals surface area (Å²) in [6.07, 6.45) is 6.84. The van der Waals surface area contributed by atoms with Gasteiger partial charge >= 0.3 is 0 Å². The van der Waals surface area contributed by atoms with E-state index < -0.39 is 0 Å². The molecule has 5 rings (SSSR count). The van der Waals surface area contributed by atoms with Gasteiger partial charge in [0.05, 0.1) is 10.9 Å². The third-order valence-electron chi connectivity index (χ3n) is 5.45. The number of nitrogens with one attached hydrogen (secondary N) is 4. The summed E-state index contributed by atoms with van der Waals surface area (Å²) in [5.74, 6) is 0.00547. The van der Waals surface area contributed by atoms with Crippen LogP contribution in [0, 0.1) is 0 Å². The molecular weight excluding hydrogens is 432 g/mol. The summed E-state index contributed by atoms with van der Waals surface area (Å²) in [6.45, 7) is 5.07. The van der Waals surface area contributed by atoms with Crippen molar-refractivity contribution in [3.05, 3.63) is 40.7 Å². The highest BCUT2D eigenvalue weighted by Gasteiger charge is 2.25. The van der Waals surface area contributed by atoms with Crippen molar-refractivity contribution >= 4 is 43.8 Å². The van der Waals surface area contributed by atoms with Crippen molar-refractivity contribution in [1.82, 2.24) is 26.1 Å². The first kappa shape index (κ1) is 20.5. The Labute approximate surface area is 188 Å². The zero-order valence-corrected chi connectivity index (χ0v) is 18.8. The van der Waals surface area contributed by atoms with E-state index in [1.807, 2.05) is 19.2 Å². The molecule has 2 aliphatic rings. The molecule has 1 amide bonds. The Morgan fingerprint density at radius 2 is 2.32 bits per heavy atom. The van der Waals surface area contributed by atoms with Crippen LogP contribution in [-0.4, -0.2) is 41.6 Å². The van der Waals surface area contributed by atoms with Crippen LogP contribution >= 0.6 is 22.7 Å². The number of nitrogens with zero attached hydrogens (tertiary/aromatic N) is 2. The minimum Gasteiger partial charge on any atom is -0.317 e. The molecule has 0 aliphatic carbocycles. The molecular formula is C21H24N6O2S2. The fourth-order valence-electron chi connectivity index (χ4n) is 3.76. The first-order chi connectivity index (χ1) is 15.2. The first-order valence-corrected chi connectivity index (χ1v) is 12.0. The van der Waals surface area contributed by atoms with Gasteiger partial charge in [-0.25, -0.2) is 4.98 Å². The average Bonchev–Trinajstić information content (AvgIpc) is 3.47. The lowest BCUT2D eigenvalue weighted by atomic mass is 10.0. The zero-order chi connectivity index (χ0) is 21.2. The van der Waals surface area contributed by atoms with Gasteiger partial charge in [0.2, 0.25) is 5.91 Å². The summed E-state index contributed by atoms with van der Waals surface area (Å²) in [6, 6.07) is 1.99. The van der Waals surface area contributed by atoms with Gasteiger partial charge in [-0.2, -0.15) is 0 Å². The van der Waals surface area contributed by atoms with Crippen molar-refractivity contribution in [2.24, 2.45) is 0 Å². The van der Waals surface area contributed by atoms with Gasteiger partial charge < -0.3 is 16.0 Å². The Balaban J connectivity index is 1.30. The summed E-state index contributed by atoms with van der Waals surface area (Å²) in [5.41, 5.74) is 7.19. The van der Waals surface area contributed by atoms with Crippen molar-refractivity contribution in [2.75, 3.05) is 25.0 Å². The second-order valence-corrected chi connectivity index (χ2v) is 9.71. The minimum atomic E-state index is 0.00547. The van der Waals surface area contributed by atoms with E-state index in [0.29, 0.717) is 19.5 Å². The van der Waals surface area contributed by atoms with Gasteiger partial charge in [0.1, 0.15) is 21.6 Å². The lowest BCUT2D eigenvalue weighted by Gasteiger charge is -2.13. The maximum Gasteiger partial charge on any atom is 0.226 e. The lowest BCUT2D eigenvalue weighted by molar-refractivity contribution is -0.116. The standard InChI is InChI=1S/C21H24N6O2S2/c1-12-13(9-25-29-12)8-22-7-4-18(28)27-21-19(14-2-5-24-11-17(14)31-21)20-26-15-10-23-6-3-16(15)30-20/h3,6,9-10,12,22,24-25H,2,4-5,7-8,11H2,1H3,(H,27,28). The van der Waals surface area contributed by atoms with Gasteiger partial charge in [-0.15, -0.1) is 22.7 Å². The third kappa shape index (κ3) is 4.35. The molecule has 1 atom stereocenters. The molecule has 1 unspecified atom stereocenters. The molecule has 31 heavy (non-hydrogen) atoms. The highest BCUT2D eigenvalue weighted by Crippen LogP contribution is 2.44.